The van der Waals surface area contributed by atoms with E-state index in [0.29, 0.717) is 24.3 Å². The Morgan fingerprint density at radius 3 is 2.72 bits per heavy atom. The molecule has 1 rings (SSSR count). The van der Waals surface area contributed by atoms with Crippen molar-refractivity contribution in [2.24, 2.45) is 0 Å². The maximum atomic E-state index is 13.0. The first-order chi connectivity index (χ1) is 8.77. The second kappa shape index (κ2) is 8.62. The van der Waals surface area contributed by atoms with Gasteiger partial charge in [0.25, 0.3) is 0 Å². The van der Waals surface area contributed by atoms with Crippen LogP contribution in [0.15, 0.2) is 18.2 Å². The molecule has 0 atom stereocenters. The van der Waals surface area contributed by atoms with Crippen LogP contribution in [-0.2, 0) is 16.1 Å². The minimum atomic E-state index is -0.355. The van der Waals surface area contributed by atoms with Crippen molar-refractivity contribution in [3.05, 3.63) is 35.1 Å². The van der Waals surface area contributed by atoms with Gasteiger partial charge in [0.1, 0.15) is 5.82 Å². The summed E-state index contributed by atoms with van der Waals surface area (Å²) >= 11 is 0. The zero-order valence-corrected chi connectivity index (χ0v) is 10.6. The van der Waals surface area contributed by atoms with Gasteiger partial charge in [-0.05, 0) is 30.2 Å². The molecule has 4 heteroatoms. The SMILES string of the molecule is CCCCOCCOCc1cc(F)ccc1C#N. The van der Waals surface area contributed by atoms with Gasteiger partial charge >= 0.3 is 0 Å². The van der Waals surface area contributed by atoms with Crippen LogP contribution in [0.25, 0.3) is 0 Å². The number of rotatable bonds is 8. The number of benzene rings is 1. The molecule has 1 aromatic carbocycles. The summed E-state index contributed by atoms with van der Waals surface area (Å²) in [5, 5.41) is 8.86. The molecule has 0 spiro atoms. The number of hydrogen-bond donors (Lipinski definition) is 0. The van der Waals surface area contributed by atoms with Crippen LogP contribution in [0, 0.1) is 17.1 Å². The molecule has 0 aliphatic carbocycles. The largest absolute Gasteiger partial charge is 0.379 e. The highest BCUT2D eigenvalue weighted by atomic mass is 19.1. The van der Waals surface area contributed by atoms with Crippen LogP contribution in [0.4, 0.5) is 4.39 Å². The lowest BCUT2D eigenvalue weighted by molar-refractivity contribution is 0.0395. The van der Waals surface area contributed by atoms with Crippen LogP contribution in [-0.4, -0.2) is 19.8 Å². The van der Waals surface area contributed by atoms with Crippen molar-refractivity contribution < 1.29 is 13.9 Å². The zero-order valence-electron chi connectivity index (χ0n) is 10.6. The standard InChI is InChI=1S/C14H18FNO2/c1-2-3-6-17-7-8-18-11-13-9-14(15)5-4-12(13)10-16/h4-5,9H,2-3,6-8,11H2,1H3. The lowest BCUT2D eigenvalue weighted by Crippen LogP contribution is -2.06. The quantitative estimate of drug-likeness (QED) is 0.667. The van der Waals surface area contributed by atoms with Crippen molar-refractivity contribution in [3.8, 4) is 6.07 Å². The summed E-state index contributed by atoms with van der Waals surface area (Å²) in [6.07, 6.45) is 2.15. The van der Waals surface area contributed by atoms with Gasteiger partial charge in [0.2, 0.25) is 0 Å². The fourth-order valence-electron chi connectivity index (χ4n) is 1.44. The van der Waals surface area contributed by atoms with Crippen molar-refractivity contribution in [2.75, 3.05) is 19.8 Å². The topological polar surface area (TPSA) is 42.2 Å². The Morgan fingerprint density at radius 2 is 2.00 bits per heavy atom. The third kappa shape index (κ3) is 5.26. The normalized spacial score (nSPS) is 10.3. The van der Waals surface area contributed by atoms with Gasteiger partial charge in [0, 0.05) is 6.61 Å². The van der Waals surface area contributed by atoms with Crippen molar-refractivity contribution in [1.82, 2.24) is 0 Å². The van der Waals surface area contributed by atoms with Crippen LogP contribution >= 0.6 is 0 Å². The van der Waals surface area contributed by atoms with Gasteiger partial charge in [-0.15, -0.1) is 0 Å². The first-order valence-corrected chi connectivity index (χ1v) is 6.12. The first kappa shape index (κ1) is 14.6. The van der Waals surface area contributed by atoms with Gasteiger partial charge in [-0.2, -0.15) is 5.26 Å². The number of halogens is 1. The van der Waals surface area contributed by atoms with E-state index in [9.17, 15) is 4.39 Å². The minimum absolute atomic E-state index is 0.234. The summed E-state index contributed by atoms with van der Waals surface area (Å²) in [4.78, 5) is 0. The molecule has 0 unspecified atom stereocenters. The fraction of sp³-hybridized carbons (Fsp3) is 0.500. The smallest absolute Gasteiger partial charge is 0.123 e. The van der Waals surface area contributed by atoms with Crippen LogP contribution in [0.3, 0.4) is 0 Å². The van der Waals surface area contributed by atoms with Crippen LogP contribution in [0.2, 0.25) is 0 Å². The molecule has 0 radical (unpaired) electrons. The summed E-state index contributed by atoms with van der Waals surface area (Å²) in [6.45, 7) is 4.05. The van der Waals surface area contributed by atoms with E-state index < -0.39 is 0 Å². The van der Waals surface area contributed by atoms with E-state index in [0.717, 1.165) is 19.4 Å². The van der Waals surface area contributed by atoms with E-state index in [1.807, 2.05) is 6.07 Å². The molecule has 0 amide bonds. The number of ether oxygens (including phenoxy) is 2. The monoisotopic (exact) mass is 251 g/mol. The highest BCUT2D eigenvalue weighted by Gasteiger charge is 2.03. The predicted octanol–water partition coefficient (Wildman–Crippen LogP) is 3.03. The summed E-state index contributed by atoms with van der Waals surface area (Å²) in [5.41, 5.74) is 1.02. The van der Waals surface area contributed by atoms with Crippen molar-refractivity contribution in [1.29, 1.82) is 5.26 Å². The molecule has 0 saturated heterocycles. The van der Waals surface area contributed by atoms with Gasteiger partial charge in [0.15, 0.2) is 0 Å². The molecule has 0 N–H and O–H groups in total. The van der Waals surface area contributed by atoms with E-state index in [1.54, 1.807) is 0 Å². The second-order valence-corrected chi connectivity index (χ2v) is 3.93. The van der Waals surface area contributed by atoms with Crippen molar-refractivity contribution in [3.63, 3.8) is 0 Å². The van der Waals surface area contributed by atoms with E-state index in [2.05, 4.69) is 6.92 Å². The van der Waals surface area contributed by atoms with Gasteiger partial charge in [-0.25, -0.2) is 4.39 Å². The number of nitriles is 1. The van der Waals surface area contributed by atoms with E-state index in [-0.39, 0.29) is 12.4 Å². The molecule has 0 heterocycles. The molecule has 0 fully saturated rings. The highest BCUT2D eigenvalue weighted by molar-refractivity contribution is 5.37. The average molecular weight is 251 g/mol. The average Bonchev–Trinajstić information content (AvgIpc) is 2.38. The number of hydrogen-bond acceptors (Lipinski definition) is 3. The summed E-state index contributed by atoms with van der Waals surface area (Å²) in [7, 11) is 0. The third-order valence-corrected chi connectivity index (χ3v) is 2.46. The van der Waals surface area contributed by atoms with E-state index >= 15 is 0 Å². The minimum Gasteiger partial charge on any atom is -0.379 e. The Balaban J connectivity index is 2.27. The van der Waals surface area contributed by atoms with Gasteiger partial charge in [-0.3, -0.25) is 0 Å². The number of nitrogens with zero attached hydrogens (tertiary/aromatic N) is 1. The molecule has 1 aromatic rings. The second-order valence-electron chi connectivity index (χ2n) is 3.93. The molecule has 98 valence electrons. The maximum absolute atomic E-state index is 13.0. The maximum Gasteiger partial charge on any atom is 0.123 e. The Morgan fingerprint density at radius 1 is 1.22 bits per heavy atom. The first-order valence-electron chi connectivity index (χ1n) is 6.12. The Kier molecular flexibility index (Phi) is 7.00. The Bertz CT molecular complexity index is 401. The molecule has 3 nitrogen and oxygen atoms in total. The Labute approximate surface area is 107 Å². The summed E-state index contributed by atoms with van der Waals surface area (Å²) in [5.74, 6) is -0.355. The zero-order chi connectivity index (χ0) is 13.2. The van der Waals surface area contributed by atoms with Crippen molar-refractivity contribution >= 4 is 0 Å². The van der Waals surface area contributed by atoms with Crippen LogP contribution in [0.1, 0.15) is 30.9 Å². The molecule has 0 bridgehead atoms. The third-order valence-electron chi connectivity index (χ3n) is 2.46. The highest BCUT2D eigenvalue weighted by Crippen LogP contribution is 2.11. The number of unbranched alkanes of at least 4 members (excludes halogenated alkanes) is 1. The lowest BCUT2D eigenvalue weighted by atomic mass is 10.1. The van der Waals surface area contributed by atoms with Crippen molar-refractivity contribution in [2.45, 2.75) is 26.4 Å². The molecule has 0 aliphatic rings. The van der Waals surface area contributed by atoms with Crippen LogP contribution in [0.5, 0.6) is 0 Å². The molecular weight excluding hydrogens is 233 g/mol. The van der Waals surface area contributed by atoms with Gasteiger partial charge < -0.3 is 9.47 Å². The molecule has 0 aliphatic heterocycles. The Hall–Kier alpha value is -1.44. The van der Waals surface area contributed by atoms with Gasteiger partial charge in [-0.1, -0.05) is 13.3 Å². The molecule has 18 heavy (non-hydrogen) atoms. The van der Waals surface area contributed by atoms with Crippen LogP contribution < -0.4 is 0 Å². The molecule has 0 aromatic heterocycles. The van der Waals surface area contributed by atoms with E-state index in [4.69, 9.17) is 14.7 Å². The summed E-state index contributed by atoms with van der Waals surface area (Å²) < 4.78 is 23.7. The predicted molar refractivity (Wildman–Crippen MR) is 66.5 cm³/mol. The van der Waals surface area contributed by atoms with E-state index in [1.165, 1.54) is 18.2 Å². The van der Waals surface area contributed by atoms with Gasteiger partial charge in [0.05, 0.1) is 31.5 Å². The fourth-order valence-corrected chi connectivity index (χ4v) is 1.44. The molecule has 0 saturated carbocycles. The molecular formula is C14H18FNO2. The lowest BCUT2D eigenvalue weighted by Gasteiger charge is -2.07. The summed E-state index contributed by atoms with van der Waals surface area (Å²) in [6, 6.07) is 6.08.